The number of benzene rings is 2. The van der Waals surface area contributed by atoms with Crippen molar-refractivity contribution in [2.75, 3.05) is 0 Å². The van der Waals surface area contributed by atoms with E-state index >= 15 is 0 Å². The first-order chi connectivity index (χ1) is 9.25. The van der Waals surface area contributed by atoms with Gasteiger partial charge in [0.2, 0.25) is 0 Å². The van der Waals surface area contributed by atoms with Gasteiger partial charge in [0.25, 0.3) is 0 Å². The van der Waals surface area contributed by atoms with Crippen LogP contribution >= 0.6 is 31.9 Å². The Balaban J connectivity index is 1.96. The van der Waals surface area contributed by atoms with Gasteiger partial charge in [0.1, 0.15) is 0 Å². The lowest BCUT2D eigenvalue weighted by atomic mass is 9.99. The summed E-state index contributed by atoms with van der Waals surface area (Å²) < 4.78 is 6.10. The van der Waals surface area contributed by atoms with Crippen LogP contribution in [0.1, 0.15) is 16.0 Å². The molecule has 0 saturated carbocycles. The van der Waals surface area contributed by atoms with Crippen LogP contribution in [0.15, 0.2) is 63.9 Å². The third-order valence-corrected chi connectivity index (χ3v) is 4.72. The summed E-state index contributed by atoms with van der Waals surface area (Å²) in [6, 6.07) is 16.9. The van der Waals surface area contributed by atoms with Gasteiger partial charge in [0.15, 0.2) is 4.67 Å². The molecule has 0 N–H and O–H groups in total. The predicted octanol–water partition coefficient (Wildman–Crippen LogP) is 5.87. The van der Waals surface area contributed by atoms with E-state index in [4.69, 9.17) is 4.42 Å². The van der Waals surface area contributed by atoms with Crippen LogP contribution in [0, 0.1) is 0 Å². The molecule has 0 radical (unpaired) electrons. The molecule has 0 aliphatic heterocycles. The summed E-state index contributed by atoms with van der Waals surface area (Å²) in [4.78, 5) is 0.242. The standard InChI is InChI=1S/C16H12Br2O/c17-15(14-8-9-19-16(14)18)10-12-6-3-5-11-4-1-2-7-13(11)12/h1-9,15H,10H2. The van der Waals surface area contributed by atoms with Crippen molar-refractivity contribution < 1.29 is 4.42 Å². The fourth-order valence-corrected chi connectivity index (χ4v) is 3.83. The summed E-state index contributed by atoms with van der Waals surface area (Å²) in [5.74, 6) is 0. The van der Waals surface area contributed by atoms with Crippen LogP contribution in [-0.2, 0) is 6.42 Å². The maximum Gasteiger partial charge on any atom is 0.173 e. The smallest absolute Gasteiger partial charge is 0.173 e. The zero-order chi connectivity index (χ0) is 13.2. The molecular formula is C16H12Br2O. The summed E-state index contributed by atoms with van der Waals surface area (Å²) in [6.45, 7) is 0. The fraction of sp³-hybridized carbons (Fsp3) is 0.125. The molecule has 3 rings (SSSR count). The summed E-state index contributed by atoms with van der Waals surface area (Å²) in [5.41, 5.74) is 2.49. The molecule has 1 unspecified atom stereocenters. The topological polar surface area (TPSA) is 13.1 Å². The van der Waals surface area contributed by atoms with Gasteiger partial charge in [-0.3, -0.25) is 0 Å². The van der Waals surface area contributed by atoms with Gasteiger partial charge in [-0.25, -0.2) is 0 Å². The van der Waals surface area contributed by atoms with Crippen molar-refractivity contribution in [2.45, 2.75) is 11.2 Å². The van der Waals surface area contributed by atoms with E-state index in [0.717, 1.165) is 16.7 Å². The molecule has 0 amide bonds. The second-order valence-corrected chi connectivity index (χ2v) is 6.29. The summed E-state index contributed by atoms with van der Waals surface area (Å²) >= 11 is 7.18. The Morgan fingerprint density at radius 2 is 1.79 bits per heavy atom. The van der Waals surface area contributed by atoms with Crippen LogP contribution in [-0.4, -0.2) is 0 Å². The van der Waals surface area contributed by atoms with Gasteiger partial charge >= 0.3 is 0 Å². The molecule has 0 bridgehead atoms. The van der Waals surface area contributed by atoms with Gasteiger partial charge in [-0.15, -0.1) is 0 Å². The molecule has 0 fully saturated rings. The largest absolute Gasteiger partial charge is 0.457 e. The van der Waals surface area contributed by atoms with Crippen LogP contribution in [0.3, 0.4) is 0 Å². The number of rotatable bonds is 3. The molecule has 19 heavy (non-hydrogen) atoms. The third kappa shape index (κ3) is 2.63. The number of hydrogen-bond donors (Lipinski definition) is 0. The van der Waals surface area contributed by atoms with Gasteiger partial charge in [-0.1, -0.05) is 58.4 Å². The normalized spacial score (nSPS) is 12.7. The summed E-state index contributed by atoms with van der Waals surface area (Å²) in [7, 11) is 0. The molecule has 0 spiro atoms. The molecule has 1 nitrogen and oxygen atoms in total. The SMILES string of the molecule is Brc1occc1C(Br)Cc1cccc2ccccc12. The highest BCUT2D eigenvalue weighted by Gasteiger charge is 2.15. The monoisotopic (exact) mass is 378 g/mol. The van der Waals surface area contributed by atoms with Crippen molar-refractivity contribution in [3.05, 3.63) is 70.6 Å². The van der Waals surface area contributed by atoms with Crippen LogP contribution < -0.4 is 0 Å². The van der Waals surface area contributed by atoms with Gasteiger partial charge < -0.3 is 4.42 Å². The Morgan fingerprint density at radius 1 is 1.00 bits per heavy atom. The zero-order valence-corrected chi connectivity index (χ0v) is 13.3. The lowest BCUT2D eigenvalue weighted by Crippen LogP contribution is -1.95. The molecule has 96 valence electrons. The molecule has 1 atom stereocenters. The Kier molecular flexibility index (Phi) is 3.76. The van der Waals surface area contributed by atoms with Gasteiger partial charge in [-0.05, 0) is 44.8 Å². The van der Waals surface area contributed by atoms with E-state index in [2.05, 4.69) is 74.3 Å². The number of halogens is 2. The molecule has 3 heteroatoms. The van der Waals surface area contributed by atoms with E-state index in [9.17, 15) is 0 Å². The number of alkyl halides is 1. The van der Waals surface area contributed by atoms with E-state index in [1.165, 1.54) is 16.3 Å². The van der Waals surface area contributed by atoms with Crippen molar-refractivity contribution >= 4 is 42.6 Å². The fourth-order valence-electron chi connectivity index (χ4n) is 2.30. The molecule has 1 heterocycles. The average molecular weight is 380 g/mol. The van der Waals surface area contributed by atoms with Crippen molar-refractivity contribution in [3.63, 3.8) is 0 Å². The minimum absolute atomic E-state index is 0.242. The van der Waals surface area contributed by atoms with Crippen molar-refractivity contribution in [3.8, 4) is 0 Å². The Labute approximate surface area is 128 Å². The highest BCUT2D eigenvalue weighted by Crippen LogP contribution is 2.34. The van der Waals surface area contributed by atoms with E-state index in [1.807, 2.05) is 6.07 Å². The first-order valence-electron chi connectivity index (χ1n) is 6.09. The second-order valence-electron chi connectivity index (χ2n) is 4.46. The Morgan fingerprint density at radius 3 is 2.58 bits per heavy atom. The van der Waals surface area contributed by atoms with Crippen molar-refractivity contribution in [1.29, 1.82) is 0 Å². The van der Waals surface area contributed by atoms with Crippen molar-refractivity contribution in [1.82, 2.24) is 0 Å². The summed E-state index contributed by atoms with van der Waals surface area (Å²) in [5, 5.41) is 2.60. The third-order valence-electron chi connectivity index (χ3n) is 3.26. The second kappa shape index (κ2) is 5.51. The minimum atomic E-state index is 0.242. The Hall–Kier alpha value is -1.06. The van der Waals surface area contributed by atoms with Crippen LogP contribution in [0.2, 0.25) is 0 Å². The zero-order valence-electron chi connectivity index (χ0n) is 10.1. The molecule has 0 saturated heterocycles. The summed E-state index contributed by atoms with van der Waals surface area (Å²) in [6.07, 6.45) is 2.64. The van der Waals surface area contributed by atoms with Crippen LogP contribution in [0.4, 0.5) is 0 Å². The first kappa shape index (κ1) is 12.9. The maximum absolute atomic E-state index is 5.30. The molecular weight excluding hydrogens is 368 g/mol. The van der Waals surface area contributed by atoms with Gasteiger partial charge in [-0.2, -0.15) is 0 Å². The van der Waals surface area contributed by atoms with E-state index in [-0.39, 0.29) is 4.83 Å². The van der Waals surface area contributed by atoms with Gasteiger partial charge in [0, 0.05) is 10.4 Å². The molecule has 2 aromatic carbocycles. The van der Waals surface area contributed by atoms with Crippen molar-refractivity contribution in [2.24, 2.45) is 0 Å². The highest BCUT2D eigenvalue weighted by molar-refractivity contribution is 9.10. The quantitative estimate of drug-likeness (QED) is 0.518. The molecule has 1 aromatic heterocycles. The number of fused-ring (bicyclic) bond motifs is 1. The minimum Gasteiger partial charge on any atom is -0.457 e. The van der Waals surface area contributed by atoms with Crippen LogP contribution in [0.25, 0.3) is 10.8 Å². The average Bonchev–Trinajstić information content (AvgIpc) is 2.85. The van der Waals surface area contributed by atoms with Gasteiger partial charge in [0.05, 0.1) is 6.26 Å². The van der Waals surface area contributed by atoms with E-state index < -0.39 is 0 Å². The number of furan rings is 1. The first-order valence-corrected chi connectivity index (χ1v) is 7.80. The predicted molar refractivity (Wildman–Crippen MR) is 85.7 cm³/mol. The molecule has 0 aliphatic rings. The highest BCUT2D eigenvalue weighted by atomic mass is 79.9. The van der Waals surface area contributed by atoms with Crippen LogP contribution in [0.5, 0.6) is 0 Å². The van der Waals surface area contributed by atoms with E-state index in [1.54, 1.807) is 6.26 Å². The lowest BCUT2D eigenvalue weighted by Gasteiger charge is -2.11. The maximum atomic E-state index is 5.30. The molecule has 3 aromatic rings. The molecule has 0 aliphatic carbocycles. The number of hydrogen-bond acceptors (Lipinski definition) is 1. The Bertz CT molecular complexity index is 697. The lowest BCUT2D eigenvalue weighted by molar-refractivity contribution is 0.536. The van der Waals surface area contributed by atoms with E-state index in [0.29, 0.717) is 0 Å².